The Morgan fingerprint density at radius 3 is 2.11 bits per heavy atom. The highest BCUT2D eigenvalue weighted by atomic mass is 28.4. The topological polar surface area (TPSA) is 18.5 Å². The Morgan fingerprint density at radius 2 is 1.63 bits per heavy atom. The van der Waals surface area contributed by atoms with Gasteiger partial charge in [-0.15, -0.1) is 0 Å². The lowest BCUT2D eigenvalue weighted by Crippen LogP contribution is -2.41. The van der Waals surface area contributed by atoms with Gasteiger partial charge in [-0.3, -0.25) is 0 Å². The van der Waals surface area contributed by atoms with Crippen molar-refractivity contribution < 1.29 is 22.3 Å². The molecule has 1 aromatic rings. The van der Waals surface area contributed by atoms with Crippen molar-refractivity contribution in [1.82, 2.24) is 0 Å². The molecule has 0 saturated heterocycles. The summed E-state index contributed by atoms with van der Waals surface area (Å²) < 4.78 is 52.1. The lowest BCUT2D eigenvalue weighted by Gasteiger charge is -2.39. The van der Waals surface area contributed by atoms with Crippen LogP contribution in [0.5, 0.6) is 0 Å². The normalized spacial score (nSPS) is 18.6. The van der Waals surface area contributed by atoms with E-state index in [-0.39, 0.29) is 11.6 Å². The van der Waals surface area contributed by atoms with Crippen molar-refractivity contribution in [3.8, 4) is 0 Å². The molecule has 0 unspecified atom stereocenters. The van der Waals surface area contributed by atoms with E-state index in [1.165, 1.54) is 12.1 Å². The Balaban J connectivity index is 2.45. The molecule has 0 atom stereocenters. The fourth-order valence-corrected chi connectivity index (χ4v) is 4.46. The summed E-state index contributed by atoms with van der Waals surface area (Å²) in [6.07, 6.45) is 0.497. The Bertz CT molecular complexity index is 642. The Hall–Kier alpha value is -0.853. The number of benzene rings is 1. The smallest absolute Gasteiger partial charge is 0.413 e. The van der Waals surface area contributed by atoms with Crippen molar-refractivity contribution in [3.05, 3.63) is 34.9 Å². The highest BCUT2D eigenvalue weighted by Gasteiger charge is 2.40. The molecule has 1 saturated carbocycles. The minimum atomic E-state index is -4.36. The van der Waals surface area contributed by atoms with Crippen molar-refractivity contribution in [3.63, 3.8) is 0 Å². The van der Waals surface area contributed by atoms with Gasteiger partial charge >= 0.3 is 6.18 Å². The number of alkyl halides is 3. The van der Waals surface area contributed by atoms with Crippen LogP contribution in [0, 0.1) is 0 Å². The maximum atomic E-state index is 13.3. The van der Waals surface area contributed by atoms with Crippen LogP contribution in [-0.2, 0) is 27.5 Å². The molecule has 2 nitrogen and oxygen atoms in total. The van der Waals surface area contributed by atoms with E-state index in [0.717, 1.165) is 37.7 Å². The average Bonchev–Trinajstić information content (AvgIpc) is 2.58. The molecule has 2 rings (SSSR count). The van der Waals surface area contributed by atoms with Gasteiger partial charge in [-0.2, -0.15) is 13.2 Å². The molecule has 0 N–H and O–H groups in total. The molecule has 6 heteroatoms. The maximum Gasteiger partial charge on any atom is 0.416 e. The highest BCUT2D eigenvalue weighted by Crippen LogP contribution is 2.44. The fourth-order valence-electron chi connectivity index (χ4n) is 3.51. The molecule has 0 aromatic heterocycles. The van der Waals surface area contributed by atoms with Crippen LogP contribution in [0.3, 0.4) is 0 Å². The van der Waals surface area contributed by atoms with Gasteiger partial charge in [-0.25, -0.2) is 0 Å². The van der Waals surface area contributed by atoms with Crippen molar-refractivity contribution in [2.24, 2.45) is 0 Å². The molecule has 0 radical (unpaired) electrons. The molecular weight excluding hydrogens is 369 g/mol. The van der Waals surface area contributed by atoms with Crippen molar-refractivity contribution >= 4 is 8.32 Å². The fraction of sp³-hybridized carbons (Fsp3) is 0.714. The monoisotopic (exact) mass is 402 g/mol. The van der Waals surface area contributed by atoms with Gasteiger partial charge in [0.1, 0.15) is 0 Å². The van der Waals surface area contributed by atoms with E-state index in [1.807, 2.05) is 0 Å². The van der Waals surface area contributed by atoms with Gasteiger partial charge < -0.3 is 9.16 Å². The van der Waals surface area contributed by atoms with E-state index < -0.39 is 25.7 Å². The third-order valence-corrected chi connectivity index (χ3v) is 10.8. The van der Waals surface area contributed by atoms with E-state index in [4.69, 9.17) is 9.16 Å². The zero-order valence-electron chi connectivity index (χ0n) is 17.4. The molecule has 0 amide bonds. The van der Waals surface area contributed by atoms with Gasteiger partial charge in [0.15, 0.2) is 8.32 Å². The third-order valence-electron chi connectivity index (χ3n) is 6.37. The molecular formula is C21H33F3O2Si. The number of methoxy groups -OCH3 is 1. The van der Waals surface area contributed by atoms with Gasteiger partial charge in [0, 0.05) is 7.11 Å². The standard InChI is InChI=1S/C21H33F3O2Si/c1-19(2,3)27(5,6)26-15-16-14-17(21(22,23)24)10-11-18(16)20(25-4)12-8-7-9-13-20/h10-11,14H,7-9,12-13,15H2,1-6H3. The van der Waals surface area contributed by atoms with Gasteiger partial charge in [-0.05, 0) is 54.2 Å². The van der Waals surface area contributed by atoms with Crippen LogP contribution in [-0.4, -0.2) is 15.4 Å². The lowest BCUT2D eigenvalue weighted by atomic mass is 9.77. The van der Waals surface area contributed by atoms with Crippen molar-refractivity contribution in [1.29, 1.82) is 0 Å². The minimum Gasteiger partial charge on any atom is -0.413 e. The quantitative estimate of drug-likeness (QED) is 0.492. The molecule has 0 spiro atoms. The summed E-state index contributed by atoms with van der Waals surface area (Å²) in [4.78, 5) is 0. The highest BCUT2D eigenvalue weighted by molar-refractivity contribution is 6.74. The van der Waals surface area contributed by atoms with Crippen molar-refractivity contribution in [2.45, 2.75) is 89.4 Å². The predicted molar refractivity (Wildman–Crippen MR) is 105 cm³/mol. The zero-order valence-corrected chi connectivity index (χ0v) is 18.4. The van der Waals surface area contributed by atoms with Crippen LogP contribution in [0.2, 0.25) is 18.1 Å². The number of rotatable bonds is 5. The van der Waals surface area contributed by atoms with E-state index >= 15 is 0 Å². The summed E-state index contributed by atoms with van der Waals surface area (Å²) in [6.45, 7) is 10.8. The molecule has 1 aliphatic carbocycles. The first kappa shape index (κ1) is 22.4. The summed E-state index contributed by atoms with van der Waals surface area (Å²) in [5.41, 5.74) is 0.339. The number of halogens is 3. The van der Waals surface area contributed by atoms with Gasteiger partial charge in [0.05, 0.1) is 17.8 Å². The first-order valence-corrected chi connectivity index (χ1v) is 12.6. The SMILES string of the molecule is COC1(c2ccc(C(F)(F)F)cc2CO[Si](C)(C)C(C)(C)C)CCCCC1. The second-order valence-electron chi connectivity index (χ2n) is 9.18. The molecule has 0 heterocycles. The number of hydrogen-bond donors (Lipinski definition) is 0. The van der Waals surface area contributed by atoms with E-state index in [9.17, 15) is 13.2 Å². The van der Waals surface area contributed by atoms with Crippen LogP contribution in [0.1, 0.15) is 69.6 Å². The Morgan fingerprint density at radius 1 is 1.04 bits per heavy atom. The van der Waals surface area contributed by atoms with Crippen LogP contribution < -0.4 is 0 Å². The first-order valence-electron chi connectivity index (χ1n) is 9.72. The molecule has 0 aliphatic heterocycles. The third kappa shape index (κ3) is 4.95. The first-order chi connectivity index (χ1) is 12.3. The van der Waals surface area contributed by atoms with Gasteiger partial charge in [-0.1, -0.05) is 46.1 Å². The van der Waals surface area contributed by atoms with Crippen LogP contribution in [0.15, 0.2) is 18.2 Å². The summed E-state index contributed by atoms with van der Waals surface area (Å²) in [5.74, 6) is 0. The second kappa shape index (κ2) is 7.88. The van der Waals surface area contributed by atoms with E-state index in [1.54, 1.807) is 13.2 Å². The summed E-state index contributed by atoms with van der Waals surface area (Å²) in [6, 6.07) is 4.06. The van der Waals surface area contributed by atoms with Crippen molar-refractivity contribution in [2.75, 3.05) is 7.11 Å². The van der Waals surface area contributed by atoms with Gasteiger partial charge in [0.25, 0.3) is 0 Å². The zero-order chi connectivity index (χ0) is 20.5. The molecule has 1 aliphatic rings. The lowest BCUT2D eigenvalue weighted by molar-refractivity contribution is -0.137. The summed E-state index contributed by atoms with van der Waals surface area (Å²) >= 11 is 0. The largest absolute Gasteiger partial charge is 0.416 e. The van der Waals surface area contributed by atoms with Crippen LogP contribution in [0.4, 0.5) is 13.2 Å². The number of hydrogen-bond acceptors (Lipinski definition) is 2. The average molecular weight is 403 g/mol. The molecule has 0 bridgehead atoms. The van der Waals surface area contributed by atoms with Crippen LogP contribution >= 0.6 is 0 Å². The Labute approximate surface area is 162 Å². The van der Waals surface area contributed by atoms with Crippen LogP contribution in [0.25, 0.3) is 0 Å². The number of ether oxygens (including phenoxy) is 1. The minimum absolute atomic E-state index is 0.00141. The molecule has 1 fully saturated rings. The van der Waals surface area contributed by atoms with E-state index in [0.29, 0.717) is 5.56 Å². The summed E-state index contributed by atoms with van der Waals surface area (Å²) in [5, 5.41) is -0.00141. The van der Waals surface area contributed by atoms with E-state index in [2.05, 4.69) is 33.9 Å². The Kier molecular flexibility index (Phi) is 6.54. The molecule has 154 valence electrons. The molecule has 1 aromatic carbocycles. The summed E-state index contributed by atoms with van der Waals surface area (Å²) in [7, 11) is -0.412. The molecule has 27 heavy (non-hydrogen) atoms. The predicted octanol–water partition coefficient (Wildman–Crippen LogP) is 7.03. The second-order valence-corrected chi connectivity index (χ2v) is 14.0. The maximum absolute atomic E-state index is 13.3. The van der Waals surface area contributed by atoms with Gasteiger partial charge in [0.2, 0.25) is 0 Å².